The highest BCUT2D eigenvalue weighted by atomic mass is 14.3. The Labute approximate surface area is 104 Å². The van der Waals surface area contributed by atoms with Crippen LogP contribution in [0.1, 0.15) is 38.5 Å². The van der Waals surface area contributed by atoms with E-state index in [1.807, 2.05) is 18.2 Å². The zero-order chi connectivity index (χ0) is 12.5. The van der Waals surface area contributed by atoms with Crippen LogP contribution in [0.4, 0.5) is 0 Å². The van der Waals surface area contributed by atoms with E-state index in [4.69, 9.17) is 10.5 Å². The fourth-order valence-corrected chi connectivity index (χ4v) is 2.05. The molecule has 0 radical (unpaired) electrons. The first-order valence-electron chi connectivity index (χ1n) is 6.15. The van der Waals surface area contributed by atoms with Crippen LogP contribution >= 0.6 is 0 Å². The highest BCUT2D eigenvalue weighted by molar-refractivity contribution is 5.51. The second-order valence-corrected chi connectivity index (χ2v) is 4.34. The molecule has 1 aliphatic rings. The first-order valence-corrected chi connectivity index (χ1v) is 6.15. The van der Waals surface area contributed by atoms with Crippen LogP contribution < -0.4 is 0 Å². The smallest absolute Gasteiger partial charge is 0.100 e. The van der Waals surface area contributed by atoms with E-state index in [1.54, 1.807) is 0 Å². The van der Waals surface area contributed by atoms with E-state index in [-0.39, 0.29) is 0 Å². The molecule has 0 aromatic rings. The van der Waals surface area contributed by atoms with E-state index in [2.05, 4.69) is 18.7 Å². The van der Waals surface area contributed by atoms with Crippen LogP contribution in [0, 0.1) is 28.6 Å². The van der Waals surface area contributed by atoms with Gasteiger partial charge in [0.15, 0.2) is 0 Å². The molecule has 1 atom stereocenters. The van der Waals surface area contributed by atoms with Gasteiger partial charge in [-0.15, -0.1) is 6.58 Å². The summed E-state index contributed by atoms with van der Waals surface area (Å²) < 4.78 is 0. The number of rotatable bonds is 6. The summed E-state index contributed by atoms with van der Waals surface area (Å²) in [6.45, 7) is 3.70. The highest BCUT2D eigenvalue weighted by Gasteiger charge is 2.14. The average Bonchev–Trinajstić information content (AvgIpc) is 2.38. The summed E-state index contributed by atoms with van der Waals surface area (Å²) >= 11 is 0. The van der Waals surface area contributed by atoms with Gasteiger partial charge in [0.1, 0.15) is 12.1 Å². The molecule has 0 aromatic heterocycles. The molecule has 0 amide bonds. The standard InChI is InChI=1S/C15H18N2/c1-2-3-4-5-6-7-13-8-9-14(11-16)15(10-13)12-17/h2,9-10,13H,1,3-8H2. The fourth-order valence-electron chi connectivity index (χ4n) is 2.05. The summed E-state index contributed by atoms with van der Waals surface area (Å²) in [6, 6.07) is 4.17. The molecule has 0 aromatic carbocycles. The molecule has 1 aliphatic carbocycles. The SMILES string of the molecule is C=CCCCCCC1C=C(C#N)C(C#N)=CC1. The summed E-state index contributed by atoms with van der Waals surface area (Å²) in [5.41, 5.74) is 1.09. The molecule has 0 bridgehead atoms. The molecule has 0 aliphatic heterocycles. The molecule has 0 fully saturated rings. The molecule has 1 unspecified atom stereocenters. The molecular weight excluding hydrogens is 208 g/mol. The first-order chi connectivity index (χ1) is 8.31. The minimum absolute atomic E-state index is 0.436. The Morgan fingerprint density at radius 2 is 2.00 bits per heavy atom. The predicted molar refractivity (Wildman–Crippen MR) is 68.8 cm³/mol. The zero-order valence-corrected chi connectivity index (χ0v) is 10.2. The molecule has 1 rings (SSSR count). The Balaban J connectivity index is 2.37. The third kappa shape index (κ3) is 4.29. The number of unbranched alkanes of at least 4 members (excludes halogenated alkanes) is 3. The minimum Gasteiger partial charge on any atom is -0.192 e. The van der Waals surface area contributed by atoms with Crippen molar-refractivity contribution >= 4 is 0 Å². The van der Waals surface area contributed by atoms with Crippen molar-refractivity contribution in [3.8, 4) is 12.1 Å². The van der Waals surface area contributed by atoms with Gasteiger partial charge >= 0.3 is 0 Å². The predicted octanol–water partition coefficient (Wildman–Crippen LogP) is 4.04. The molecule has 2 nitrogen and oxygen atoms in total. The van der Waals surface area contributed by atoms with Crippen LogP contribution in [-0.4, -0.2) is 0 Å². The molecule has 88 valence electrons. The summed E-state index contributed by atoms with van der Waals surface area (Å²) in [6.07, 6.45) is 12.5. The van der Waals surface area contributed by atoms with Crippen molar-refractivity contribution in [2.24, 2.45) is 5.92 Å². The van der Waals surface area contributed by atoms with Crippen molar-refractivity contribution in [2.45, 2.75) is 38.5 Å². The third-order valence-electron chi connectivity index (χ3n) is 3.04. The van der Waals surface area contributed by atoms with Crippen molar-refractivity contribution in [1.82, 2.24) is 0 Å². The monoisotopic (exact) mass is 226 g/mol. The second-order valence-electron chi connectivity index (χ2n) is 4.34. The normalized spacial score (nSPS) is 18.6. The lowest BCUT2D eigenvalue weighted by Crippen LogP contribution is -2.03. The fraction of sp³-hybridized carbons (Fsp3) is 0.467. The van der Waals surface area contributed by atoms with E-state index in [9.17, 15) is 0 Å². The van der Waals surface area contributed by atoms with E-state index in [1.165, 1.54) is 19.3 Å². The van der Waals surface area contributed by atoms with Gasteiger partial charge in [0.25, 0.3) is 0 Å². The molecule has 0 heterocycles. The molecule has 17 heavy (non-hydrogen) atoms. The summed E-state index contributed by atoms with van der Waals surface area (Å²) in [4.78, 5) is 0. The van der Waals surface area contributed by atoms with Gasteiger partial charge in [0, 0.05) is 0 Å². The van der Waals surface area contributed by atoms with Crippen molar-refractivity contribution in [1.29, 1.82) is 10.5 Å². The quantitative estimate of drug-likeness (QED) is 0.507. The maximum Gasteiger partial charge on any atom is 0.100 e. The lowest BCUT2D eigenvalue weighted by Gasteiger charge is -2.15. The number of hydrogen-bond acceptors (Lipinski definition) is 2. The lowest BCUT2D eigenvalue weighted by atomic mass is 9.88. The Morgan fingerprint density at radius 3 is 2.65 bits per heavy atom. The number of allylic oxidation sites excluding steroid dienone is 5. The Hall–Kier alpha value is -1.80. The maximum absolute atomic E-state index is 8.93. The Morgan fingerprint density at radius 1 is 1.24 bits per heavy atom. The van der Waals surface area contributed by atoms with Crippen LogP contribution in [0.15, 0.2) is 36.0 Å². The number of nitrogens with zero attached hydrogens (tertiary/aromatic N) is 2. The van der Waals surface area contributed by atoms with E-state index in [0.29, 0.717) is 17.1 Å². The van der Waals surface area contributed by atoms with Gasteiger partial charge in [0.2, 0.25) is 0 Å². The van der Waals surface area contributed by atoms with Crippen LogP contribution in [0.25, 0.3) is 0 Å². The van der Waals surface area contributed by atoms with E-state index in [0.717, 1.165) is 19.3 Å². The van der Waals surface area contributed by atoms with Crippen LogP contribution in [0.5, 0.6) is 0 Å². The summed E-state index contributed by atoms with van der Waals surface area (Å²) in [5, 5.41) is 17.8. The van der Waals surface area contributed by atoms with Crippen molar-refractivity contribution < 1.29 is 0 Å². The Bertz CT molecular complexity index is 402. The van der Waals surface area contributed by atoms with Crippen LogP contribution in [0.3, 0.4) is 0 Å². The summed E-state index contributed by atoms with van der Waals surface area (Å²) in [5.74, 6) is 0.436. The largest absolute Gasteiger partial charge is 0.192 e. The summed E-state index contributed by atoms with van der Waals surface area (Å²) in [7, 11) is 0. The van der Waals surface area contributed by atoms with Crippen LogP contribution in [-0.2, 0) is 0 Å². The van der Waals surface area contributed by atoms with Gasteiger partial charge in [0.05, 0.1) is 11.1 Å². The van der Waals surface area contributed by atoms with E-state index >= 15 is 0 Å². The van der Waals surface area contributed by atoms with Crippen molar-refractivity contribution in [2.75, 3.05) is 0 Å². The van der Waals surface area contributed by atoms with Crippen LogP contribution in [0.2, 0.25) is 0 Å². The van der Waals surface area contributed by atoms with Gasteiger partial charge < -0.3 is 0 Å². The number of nitriles is 2. The first kappa shape index (κ1) is 13.3. The third-order valence-corrected chi connectivity index (χ3v) is 3.04. The van der Waals surface area contributed by atoms with Gasteiger partial charge in [-0.1, -0.05) is 31.1 Å². The van der Waals surface area contributed by atoms with Gasteiger partial charge in [-0.05, 0) is 31.6 Å². The molecule has 0 N–H and O–H groups in total. The maximum atomic E-state index is 8.93. The van der Waals surface area contributed by atoms with Crippen molar-refractivity contribution in [3.63, 3.8) is 0 Å². The second kappa shape index (κ2) is 7.47. The minimum atomic E-state index is 0.436. The molecular formula is C15H18N2. The number of hydrogen-bond donors (Lipinski definition) is 0. The van der Waals surface area contributed by atoms with Gasteiger partial charge in [-0.25, -0.2) is 0 Å². The van der Waals surface area contributed by atoms with Crippen molar-refractivity contribution in [3.05, 3.63) is 36.0 Å². The molecule has 0 spiro atoms. The zero-order valence-electron chi connectivity index (χ0n) is 10.2. The van der Waals surface area contributed by atoms with Gasteiger partial charge in [-0.2, -0.15) is 10.5 Å². The Kier molecular flexibility index (Phi) is 5.83. The highest BCUT2D eigenvalue weighted by Crippen LogP contribution is 2.26. The molecule has 0 saturated heterocycles. The average molecular weight is 226 g/mol. The molecule has 0 saturated carbocycles. The van der Waals surface area contributed by atoms with E-state index < -0.39 is 0 Å². The topological polar surface area (TPSA) is 47.6 Å². The molecule has 2 heteroatoms. The van der Waals surface area contributed by atoms with Gasteiger partial charge in [-0.3, -0.25) is 0 Å². The lowest BCUT2D eigenvalue weighted by molar-refractivity contribution is 0.533.